The van der Waals surface area contributed by atoms with Crippen LogP contribution < -0.4 is 0 Å². The van der Waals surface area contributed by atoms with E-state index < -0.39 is 0 Å². The Balaban J connectivity index is 1.13. The van der Waals surface area contributed by atoms with Gasteiger partial charge in [-0.1, -0.05) is 170 Å². The van der Waals surface area contributed by atoms with Crippen molar-refractivity contribution in [3.63, 3.8) is 0 Å². The first-order chi connectivity index (χ1) is 28.2. The average molecular weight is 728 g/mol. The van der Waals surface area contributed by atoms with E-state index in [0.29, 0.717) is 5.82 Å². The summed E-state index contributed by atoms with van der Waals surface area (Å²) in [6.07, 6.45) is 0. The van der Waals surface area contributed by atoms with Gasteiger partial charge in [0.05, 0.1) is 22.6 Å². The highest BCUT2D eigenvalue weighted by molar-refractivity contribution is 6.27. The summed E-state index contributed by atoms with van der Waals surface area (Å²) in [7, 11) is 0. The van der Waals surface area contributed by atoms with E-state index in [4.69, 9.17) is 19.4 Å². The molecule has 0 N–H and O–H groups in total. The second kappa shape index (κ2) is 13.6. The molecule has 266 valence electrons. The van der Waals surface area contributed by atoms with Gasteiger partial charge in [0.25, 0.3) is 0 Å². The van der Waals surface area contributed by atoms with Crippen molar-refractivity contribution in [2.45, 2.75) is 0 Å². The third-order valence-electron chi connectivity index (χ3n) is 10.9. The van der Waals surface area contributed by atoms with Crippen LogP contribution in [0.15, 0.2) is 205 Å². The summed E-state index contributed by atoms with van der Waals surface area (Å²) in [6.45, 7) is 0. The van der Waals surface area contributed by atoms with Crippen molar-refractivity contribution >= 4 is 43.6 Å². The molecule has 0 amide bonds. The molecule has 0 radical (unpaired) electrons. The maximum atomic E-state index is 6.62. The number of benzene rings is 8. The molecular formula is C53H33N3O. The molecule has 0 unspecified atom stereocenters. The molecular weight excluding hydrogens is 695 g/mol. The zero-order valence-corrected chi connectivity index (χ0v) is 30.8. The van der Waals surface area contributed by atoms with E-state index in [1.807, 2.05) is 36.4 Å². The van der Waals surface area contributed by atoms with Gasteiger partial charge in [-0.05, 0) is 47.0 Å². The molecule has 57 heavy (non-hydrogen) atoms. The van der Waals surface area contributed by atoms with Gasteiger partial charge in [-0.3, -0.25) is 0 Å². The van der Waals surface area contributed by atoms with Crippen molar-refractivity contribution < 1.29 is 4.42 Å². The second-order valence-corrected chi connectivity index (χ2v) is 14.3. The maximum absolute atomic E-state index is 6.62. The molecule has 11 rings (SSSR count). The highest BCUT2D eigenvalue weighted by Crippen LogP contribution is 2.46. The molecule has 0 spiro atoms. The zero-order valence-electron chi connectivity index (χ0n) is 30.8. The van der Waals surface area contributed by atoms with Gasteiger partial charge < -0.3 is 4.42 Å². The van der Waals surface area contributed by atoms with Gasteiger partial charge in [-0.25, -0.2) is 15.0 Å². The van der Waals surface area contributed by atoms with E-state index in [0.717, 1.165) is 99.6 Å². The van der Waals surface area contributed by atoms with Gasteiger partial charge in [0.2, 0.25) is 0 Å². The summed E-state index contributed by atoms with van der Waals surface area (Å²) in [5, 5.41) is 5.49. The SMILES string of the molecule is c1ccc(-c2ccc(-c3nc(-c4ccccc4)cc(-c4cccc(-c5nc6ccccc6c6c(-c7ccccc7)c7c(cc56)oc5ccccc57)c4)n3)cc2)cc1. The molecule has 3 heterocycles. The molecule has 3 aromatic heterocycles. The molecule has 4 heteroatoms. The smallest absolute Gasteiger partial charge is 0.160 e. The minimum atomic E-state index is 0.672. The molecule has 0 saturated heterocycles. The predicted molar refractivity (Wildman–Crippen MR) is 235 cm³/mol. The predicted octanol–water partition coefficient (Wildman–Crippen LogP) is 14.1. The van der Waals surface area contributed by atoms with Crippen molar-refractivity contribution in [2.75, 3.05) is 0 Å². The molecule has 0 aliphatic carbocycles. The van der Waals surface area contributed by atoms with Crippen LogP contribution in [0.1, 0.15) is 0 Å². The van der Waals surface area contributed by atoms with Crippen LogP contribution in [-0.4, -0.2) is 15.0 Å². The van der Waals surface area contributed by atoms with Gasteiger partial charge in [0.15, 0.2) is 5.82 Å². The van der Waals surface area contributed by atoms with Gasteiger partial charge in [-0.15, -0.1) is 0 Å². The fraction of sp³-hybridized carbons (Fsp3) is 0. The Morgan fingerprint density at radius 2 is 0.877 bits per heavy atom. The molecule has 4 nitrogen and oxygen atoms in total. The Kier molecular flexibility index (Phi) is 7.78. The number of hydrogen-bond donors (Lipinski definition) is 0. The van der Waals surface area contributed by atoms with Crippen molar-refractivity contribution in [1.82, 2.24) is 15.0 Å². The lowest BCUT2D eigenvalue weighted by Crippen LogP contribution is -1.97. The fourth-order valence-corrected chi connectivity index (χ4v) is 8.18. The first-order valence-corrected chi connectivity index (χ1v) is 19.2. The summed E-state index contributed by atoms with van der Waals surface area (Å²) >= 11 is 0. The molecule has 0 atom stereocenters. The van der Waals surface area contributed by atoms with Crippen molar-refractivity contribution in [1.29, 1.82) is 0 Å². The normalized spacial score (nSPS) is 11.5. The van der Waals surface area contributed by atoms with Crippen LogP contribution >= 0.6 is 0 Å². The first kappa shape index (κ1) is 32.7. The number of rotatable bonds is 6. The quantitative estimate of drug-likeness (QED) is 0.160. The van der Waals surface area contributed by atoms with Gasteiger partial charge in [-0.2, -0.15) is 0 Å². The zero-order chi connectivity index (χ0) is 37.7. The van der Waals surface area contributed by atoms with Gasteiger partial charge in [0.1, 0.15) is 11.2 Å². The van der Waals surface area contributed by atoms with E-state index in [9.17, 15) is 0 Å². The van der Waals surface area contributed by atoms with Crippen molar-refractivity contribution in [3.8, 4) is 67.4 Å². The molecule has 11 aromatic rings. The van der Waals surface area contributed by atoms with Crippen LogP contribution in [0.4, 0.5) is 0 Å². The van der Waals surface area contributed by atoms with Crippen molar-refractivity contribution in [2.24, 2.45) is 0 Å². The summed E-state index contributed by atoms with van der Waals surface area (Å²) in [6, 6.07) is 69.5. The van der Waals surface area contributed by atoms with Crippen molar-refractivity contribution in [3.05, 3.63) is 200 Å². The summed E-state index contributed by atoms with van der Waals surface area (Å²) in [4.78, 5) is 15.7. The minimum Gasteiger partial charge on any atom is -0.456 e. The Bertz CT molecular complexity index is 3260. The van der Waals surface area contributed by atoms with E-state index in [2.05, 4.69) is 164 Å². The Morgan fingerprint density at radius 3 is 1.63 bits per heavy atom. The number of nitrogens with zero attached hydrogens (tertiary/aromatic N) is 3. The first-order valence-electron chi connectivity index (χ1n) is 19.2. The Labute approximate surface area is 329 Å². The maximum Gasteiger partial charge on any atom is 0.160 e. The molecule has 0 aliphatic heterocycles. The molecule has 0 aliphatic rings. The van der Waals surface area contributed by atoms with E-state index >= 15 is 0 Å². The molecule has 0 saturated carbocycles. The van der Waals surface area contributed by atoms with E-state index in [1.54, 1.807) is 0 Å². The number of hydrogen-bond acceptors (Lipinski definition) is 4. The molecule has 8 aromatic carbocycles. The highest BCUT2D eigenvalue weighted by Gasteiger charge is 2.22. The lowest BCUT2D eigenvalue weighted by molar-refractivity contribution is 0.669. The number of pyridine rings is 1. The van der Waals surface area contributed by atoms with Crippen LogP contribution in [0.3, 0.4) is 0 Å². The monoisotopic (exact) mass is 727 g/mol. The van der Waals surface area contributed by atoms with E-state index in [1.165, 1.54) is 5.56 Å². The fourth-order valence-electron chi connectivity index (χ4n) is 8.18. The molecule has 0 fully saturated rings. The number of aromatic nitrogens is 3. The van der Waals surface area contributed by atoms with Gasteiger partial charge in [0, 0.05) is 54.7 Å². The van der Waals surface area contributed by atoms with Gasteiger partial charge >= 0.3 is 0 Å². The van der Waals surface area contributed by atoms with E-state index in [-0.39, 0.29) is 0 Å². The third kappa shape index (κ3) is 5.74. The summed E-state index contributed by atoms with van der Waals surface area (Å²) in [5.74, 6) is 0.672. The summed E-state index contributed by atoms with van der Waals surface area (Å²) < 4.78 is 6.62. The molecule has 0 bridgehead atoms. The highest BCUT2D eigenvalue weighted by atomic mass is 16.3. The Morgan fingerprint density at radius 1 is 0.316 bits per heavy atom. The topological polar surface area (TPSA) is 51.8 Å². The van der Waals surface area contributed by atoms with Crippen LogP contribution in [0.2, 0.25) is 0 Å². The largest absolute Gasteiger partial charge is 0.456 e. The standard InChI is InChI=1S/C53H33N3O/c1-4-15-34(16-5-1)35-27-29-38(30-28-35)53-55-45(36-17-6-2-7-18-36)33-46(56-53)39-21-14-22-40(31-39)52-43-32-48-51(42-24-11-13-26-47(42)57-48)49(37-19-8-3-9-20-37)50(43)41-23-10-12-25-44(41)54-52/h1-33H. The minimum absolute atomic E-state index is 0.672. The van der Waals surface area contributed by atoms with Crippen LogP contribution in [0, 0.1) is 0 Å². The number of furan rings is 1. The number of para-hydroxylation sites is 2. The van der Waals surface area contributed by atoms with Crippen LogP contribution in [-0.2, 0) is 0 Å². The number of fused-ring (bicyclic) bond motifs is 6. The third-order valence-corrected chi connectivity index (χ3v) is 10.9. The average Bonchev–Trinajstić information content (AvgIpc) is 3.67. The summed E-state index contributed by atoms with van der Waals surface area (Å²) in [5.41, 5.74) is 13.8. The lowest BCUT2D eigenvalue weighted by atomic mass is 9.89. The van der Waals surface area contributed by atoms with Crippen LogP contribution in [0.5, 0.6) is 0 Å². The van der Waals surface area contributed by atoms with Crippen LogP contribution in [0.25, 0.3) is 111 Å². The lowest BCUT2D eigenvalue weighted by Gasteiger charge is -2.16. The Hall–Kier alpha value is -7.69. The second-order valence-electron chi connectivity index (χ2n) is 14.3.